The molecule has 3 rings (SSSR count). The summed E-state index contributed by atoms with van der Waals surface area (Å²) in [5.41, 5.74) is 0. The van der Waals surface area contributed by atoms with Crippen LogP contribution >= 0.6 is 0 Å². The van der Waals surface area contributed by atoms with E-state index in [-0.39, 0.29) is 0 Å². The molecular weight excluding hydrogens is 186 g/mol. The van der Waals surface area contributed by atoms with Gasteiger partial charge in [-0.05, 0) is 37.5 Å². The van der Waals surface area contributed by atoms with Crippen LogP contribution in [0.3, 0.4) is 0 Å². The predicted molar refractivity (Wildman–Crippen MR) is 60.9 cm³/mol. The van der Waals surface area contributed by atoms with Crippen molar-refractivity contribution in [2.75, 3.05) is 26.3 Å². The van der Waals surface area contributed by atoms with Crippen molar-refractivity contribution in [1.82, 2.24) is 4.90 Å². The minimum absolute atomic E-state index is 0.908. The van der Waals surface area contributed by atoms with Gasteiger partial charge in [0.25, 0.3) is 0 Å². The van der Waals surface area contributed by atoms with E-state index in [1.165, 1.54) is 51.6 Å². The number of morpholine rings is 1. The van der Waals surface area contributed by atoms with Crippen LogP contribution in [0, 0.1) is 11.8 Å². The molecule has 1 heterocycles. The van der Waals surface area contributed by atoms with Gasteiger partial charge >= 0.3 is 0 Å². The smallest absolute Gasteiger partial charge is 0.0594 e. The lowest BCUT2D eigenvalue weighted by atomic mass is 9.69. The zero-order chi connectivity index (χ0) is 10.1. The summed E-state index contributed by atoms with van der Waals surface area (Å²) in [6.07, 6.45) is 9.01. The van der Waals surface area contributed by atoms with Crippen LogP contribution in [0.2, 0.25) is 0 Å². The molecule has 2 saturated carbocycles. The second-order valence-corrected chi connectivity index (χ2v) is 5.59. The molecule has 2 heteroatoms. The quantitative estimate of drug-likeness (QED) is 0.657. The van der Waals surface area contributed by atoms with E-state index in [0.717, 1.165) is 31.1 Å². The molecule has 0 radical (unpaired) electrons. The highest BCUT2D eigenvalue weighted by Gasteiger charge is 2.36. The summed E-state index contributed by atoms with van der Waals surface area (Å²) in [6.45, 7) is 4.30. The van der Waals surface area contributed by atoms with Crippen molar-refractivity contribution >= 4 is 0 Å². The van der Waals surface area contributed by atoms with Crippen LogP contribution in [0.4, 0.5) is 0 Å². The van der Waals surface area contributed by atoms with Crippen molar-refractivity contribution < 1.29 is 4.74 Å². The van der Waals surface area contributed by atoms with Gasteiger partial charge in [0.1, 0.15) is 0 Å². The summed E-state index contributed by atoms with van der Waals surface area (Å²) in [5, 5.41) is 0. The van der Waals surface area contributed by atoms with Crippen LogP contribution in [-0.2, 0) is 4.74 Å². The molecule has 3 fully saturated rings. The molecule has 0 amide bonds. The zero-order valence-corrected chi connectivity index (χ0v) is 9.66. The Kier molecular flexibility index (Phi) is 2.98. The minimum atomic E-state index is 0.908. The molecule has 0 N–H and O–H groups in total. The second-order valence-electron chi connectivity index (χ2n) is 5.59. The van der Waals surface area contributed by atoms with Gasteiger partial charge in [0, 0.05) is 19.1 Å². The minimum Gasteiger partial charge on any atom is -0.379 e. The Morgan fingerprint density at radius 1 is 0.933 bits per heavy atom. The van der Waals surface area contributed by atoms with Gasteiger partial charge < -0.3 is 4.74 Å². The predicted octanol–water partition coefficient (Wildman–Crippen LogP) is 2.29. The molecule has 3 aliphatic rings. The van der Waals surface area contributed by atoms with E-state index in [1.54, 1.807) is 0 Å². The van der Waals surface area contributed by atoms with Crippen LogP contribution in [0.15, 0.2) is 0 Å². The third-order valence-corrected chi connectivity index (χ3v) is 4.75. The number of hydrogen-bond acceptors (Lipinski definition) is 2. The number of ether oxygens (including phenoxy) is 1. The van der Waals surface area contributed by atoms with Gasteiger partial charge in [0.2, 0.25) is 0 Å². The maximum Gasteiger partial charge on any atom is 0.0594 e. The molecule has 0 aromatic rings. The Labute approximate surface area is 93.0 Å². The van der Waals surface area contributed by atoms with Crippen molar-refractivity contribution in [3.63, 3.8) is 0 Å². The van der Waals surface area contributed by atoms with E-state index in [0.29, 0.717) is 0 Å². The monoisotopic (exact) mass is 209 g/mol. The van der Waals surface area contributed by atoms with Crippen molar-refractivity contribution in [2.45, 2.75) is 44.6 Å². The van der Waals surface area contributed by atoms with E-state index in [2.05, 4.69) is 4.90 Å². The average Bonchev–Trinajstić information content (AvgIpc) is 2.31. The number of hydrogen-bond donors (Lipinski definition) is 0. The number of rotatable bonds is 1. The maximum atomic E-state index is 5.45. The van der Waals surface area contributed by atoms with Gasteiger partial charge in [-0.3, -0.25) is 4.90 Å². The molecule has 2 nitrogen and oxygen atoms in total. The third-order valence-electron chi connectivity index (χ3n) is 4.75. The molecule has 0 unspecified atom stereocenters. The molecule has 1 saturated heterocycles. The lowest BCUT2D eigenvalue weighted by Gasteiger charge is -2.46. The molecule has 15 heavy (non-hydrogen) atoms. The van der Waals surface area contributed by atoms with Gasteiger partial charge in [-0.2, -0.15) is 0 Å². The Bertz CT molecular complexity index is 208. The topological polar surface area (TPSA) is 12.5 Å². The summed E-state index contributed by atoms with van der Waals surface area (Å²) >= 11 is 0. The molecule has 3 atom stereocenters. The molecule has 2 aliphatic carbocycles. The Morgan fingerprint density at radius 3 is 2.67 bits per heavy atom. The van der Waals surface area contributed by atoms with Crippen LogP contribution in [0.5, 0.6) is 0 Å². The molecule has 0 aromatic carbocycles. The average molecular weight is 209 g/mol. The van der Waals surface area contributed by atoms with Crippen LogP contribution in [0.25, 0.3) is 0 Å². The first kappa shape index (κ1) is 10.1. The van der Waals surface area contributed by atoms with Crippen molar-refractivity contribution in [3.05, 3.63) is 0 Å². The van der Waals surface area contributed by atoms with Crippen LogP contribution in [-0.4, -0.2) is 37.2 Å². The molecular formula is C13H23NO. The van der Waals surface area contributed by atoms with Gasteiger partial charge in [-0.25, -0.2) is 0 Å². The van der Waals surface area contributed by atoms with Gasteiger partial charge in [0.15, 0.2) is 0 Å². The lowest BCUT2D eigenvalue weighted by molar-refractivity contribution is -0.0221. The van der Waals surface area contributed by atoms with Crippen LogP contribution in [0.1, 0.15) is 38.5 Å². The second kappa shape index (κ2) is 4.42. The van der Waals surface area contributed by atoms with E-state index in [9.17, 15) is 0 Å². The van der Waals surface area contributed by atoms with Gasteiger partial charge in [-0.15, -0.1) is 0 Å². The summed E-state index contributed by atoms with van der Waals surface area (Å²) in [7, 11) is 0. The Balaban J connectivity index is 1.64. The Hall–Kier alpha value is -0.0800. The largest absolute Gasteiger partial charge is 0.379 e. The fraction of sp³-hybridized carbons (Fsp3) is 1.00. The molecule has 0 spiro atoms. The first-order valence-electron chi connectivity index (χ1n) is 6.75. The van der Waals surface area contributed by atoms with Crippen molar-refractivity contribution in [2.24, 2.45) is 11.8 Å². The fourth-order valence-corrected chi connectivity index (χ4v) is 3.98. The molecule has 0 aromatic heterocycles. The highest BCUT2D eigenvalue weighted by atomic mass is 16.5. The fourth-order valence-electron chi connectivity index (χ4n) is 3.98. The van der Waals surface area contributed by atoms with E-state index >= 15 is 0 Å². The lowest BCUT2D eigenvalue weighted by Crippen LogP contribution is -2.49. The van der Waals surface area contributed by atoms with Crippen LogP contribution < -0.4 is 0 Å². The Morgan fingerprint density at radius 2 is 1.80 bits per heavy atom. The summed E-state index contributed by atoms with van der Waals surface area (Å²) < 4.78 is 5.45. The number of fused-ring (bicyclic) bond motifs is 2. The van der Waals surface area contributed by atoms with Gasteiger partial charge in [0.05, 0.1) is 13.2 Å². The summed E-state index contributed by atoms with van der Waals surface area (Å²) in [6, 6.07) is 0.908. The normalized spacial score (nSPS) is 42.8. The zero-order valence-electron chi connectivity index (χ0n) is 9.66. The highest BCUT2D eigenvalue weighted by Crippen LogP contribution is 2.41. The first-order chi connectivity index (χ1) is 7.43. The molecule has 86 valence electrons. The van der Waals surface area contributed by atoms with E-state index < -0.39 is 0 Å². The summed E-state index contributed by atoms with van der Waals surface area (Å²) in [4.78, 5) is 2.72. The maximum absolute atomic E-state index is 5.45. The van der Waals surface area contributed by atoms with Crippen molar-refractivity contribution in [1.29, 1.82) is 0 Å². The SMILES string of the molecule is C1C[C@H]2CC[C@@H](N3CCOCC3)[C@@H](C1)C2. The van der Waals surface area contributed by atoms with E-state index in [4.69, 9.17) is 4.74 Å². The first-order valence-corrected chi connectivity index (χ1v) is 6.75. The standard InChI is InChI=1S/C13H23NO/c1-2-11-4-5-13(12(3-1)10-11)14-6-8-15-9-7-14/h11-13H,1-10H2/t11-,12-,13+/m0/s1. The van der Waals surface area contributed by atoms with E-state index in [1.807, 2.05) is 0 Å². The third kappa shape index (κ3) is 2.07. The van der Waals surface area contributed by atoms with Gasteiger partial charge in [-0.1, -0.05) is 12.8 Å². The highest BCUT2D eigenvalue weighted by molar-refractivity contribution is 4.90. The number of nitrogens with zero attached hydrogens (tertiary/aromatic N) is 1. The molecule has 1 aliphatic heterocycles. The summed E-state index contributed by atoms with van der Waals surface area (Å²) in [5.74, 6) is 2.11. The molecule has 2 bridgehead atoms. The van der Waals surface area contributed by atoms with Crippen molar-refractivity contribution in [3.8, 4) is 0 Å².